The first-order valence-electron chi connectivity index (χ1n) is 5.20. The number of H-pyrrole nitrogens is 2. The number of fused-ring (bicyclic) bond motifs is 1. The Kier molecular flexibility index (Phi) is 3.20. The number of carbonyl (C=O) groups excluding carboxylic acids is 1. The van der Waals surface area contributed by atoms with Gasteiger partial charge in [0.2, 0.25) is 5.78 Å². The van der Waals surface area contributed by atoms with E-state index in [9.17, 15) is 31.9 Å². The third-order valence-electron chi connectivity index (χ3n) is 2.56. The number of Topliss-reactive ketones (excluding diaryl/α,β-unsaturated/α-hetero) is 1. The minimum atomic E-state index is -4.82. The summed E-state index contributed by atoms with van der Waals surface area (Å²) in [5, 5.41) is 0. The quantitative estimate of drug-likeness (QED) is 0.508. The molecule has 2 aromatic rings. The summed E-state index contributed by atoms with van der Waals surface area (Å²) in [6.45, 7) is 0. The first-order valence-corrected chi connectivity index (χ1v) is 5.20. The normalized spacial score (nSPS) is 12.1. The molecule has 0 saturated heterocycles. The number of aromatic amines is 2. The zero-order chi connectivity index (χ0) is 15.1. The standard InChI is InChI=1S/C11H6F4N2O3/c12-10(13)11(14,15)7(18)4-1-2-5-6(3-4)17-9(20)8(19)16-5/h1-3,10H,(H,16,19)(H,17,20). The summed E-state index contributed by atoms with van der Waals surface area (Å²) < 4.78 is 50.1. The van der Waals surface area contributed by atoms with E-state index in [1.165, 1.54) is 0 Å². The number of nitrogens with one attached hydrogen (secondary N) is 2. The molecular formula is C11H6F4N2O3. The highest BCUT2D eigenvalue weighted by Crippen LogP contribution is 2.27. The molecule has 1 heterocycles. The van der Waals surface area contributed by atoms with Gasteiger partial charge in [0.15, 0.2) is 0 Å². The number of halogens is 4. The van der Waals surface area contributed by atoms with E-state index >= 15 is 0 Å². The highest BCUT2D eigenvalue weighted by molar-refractivity contribution is 6.03. The van der Waals surface area contributed by atoms with Gasteiger partial charge in [-0.05, 0) is 18.2 Å². The maximum atomic E-state index is 12.9. The Morgan fingerprint density at radius 2 is 1.60 bits per heavy atom. The van der Waals surface area contributed by atoms with Crippen LogP contribution in [0.3, 0.4) is 0 Å². The second kappa shape index (κ2) is 4.58. The van der Waals surface area contributed by atoms with Crippen molar-refractivity contribution in [3.05, 3.63) is 44.5 Å². The fourth-order valence-electron chi connectivity index (χ4n) is 1.55. The Labute approximate surface area is 107 Å². The van der Waals surface area contributed by atoms with Gasteiger partial charge < -0.3 is 9.97 Å². The molecule has 0 unspecified atom stereocenters. The molecule has 1 aromatic carbocycles. The molecule has 2 rings (SSSR count). The summed E-state index contributed by atoms with van der Waals surface area (Å²) in [7, 11) is 0. The van der Waals surface area contributed by atoms with Crippen LogP contribution in [0.5, 0.6) is 0 Å². The summed E-state index contributed by atoms with van der Waals surface area (Å²) in [6.07, 6.45) is -4.14. The molecule has 106 valence electrons. The Morgan fingerprint density at radius 1 is 1.05 bits per heavy atom. The monoisotopic (exact) mass is 290 g/mol. The van der Waals surface area contributed by atoms with Crippen LogP contribution < -0.4 is 11.1 Å². The highest BCUT2D eigenvalue weighted by atomic mass is 19.3. The number of hydrogen-bond donors (Lipinski definition) is 2. The van der Waals surface area contributed by atoms with Gasteiger partial charge in [0.05, 0.1) is 11.0 Å². The Bertz CT molecular complexity index is 794. The lowest BCUT2D eigenvalue weighted by Gasteiger charge is -2.13. The number of rotatable bonds is 3. The zero-order valence-electron chi connectivity index (χ0n) is 9.55. The van der Waals surface area contributed by atoms with Crippen molar-refractivity contribution in [1.29, 1.82) is 0 Å². The molecular weight excluding hydrogens is 284 g/mol. The van der Waals surface area contributed by atoms with Crippen LogP contribution in [0.2, 0.25) is 0 Å². The molecule has 0 aliphatic heterocycles. The fraction of sp³-hybridized carbons (Fsp3) is 0.182. The van der Waals surface area contributed by atoms with Crippen molar-refractivity contribution in [1.82, 2.24) is 9.97 Å². The molecule has 1 aromatic heterocycles. The summed E-state index contributed by atoms with van der Waals surface area (Å²) in [4.78, 5) is 37.6. The summed E-state index contributed by atoms with van der Waals surface area (Å²) in [5.41, 5.74) is -2.76. The van der Waals surface area contributed by atoms with E-state index in [1.54, 1.807) is 0 Å². The molecule has 0 fully saturated rings. The third kappa shape index (κ3) is 2.22. The van der Waals surface area contributed by atoms with Crippen LogP contribution >= 0.6 is 0 Å². The van der Waals surface area contributed by atoms with Crippen LogP contribution in [0.4, 0.5) is 17.6 Å². The van der Waals surface area contributed by atoms with Gasteiger partial charge in [-0.2, -0.15) is 8.78 Å². The number of hydrogen-bond acceptors (Lipinski definition) is 3. The molecule has 0 saturated carbocycles. The van der Waals surface area contributed by atoms with Crippen LogP contribution in [0.1, 0.15) is 10.4 Å². The van der Waals surface area contributed by atoms with Crippen LogP contribution in [0, 0.1) is 0 Å². The lowest BCUT2D eigenvalue weighted by Crippen LogP contribution is -2.36. The predicted molar refractivity (Wildman–Crippen MR) is 60.5 cm³/mol. The van der Waals surface area contributed by atoms with Crippen LogP contribution in [-0.4, -0.2) is 28.1 Å². The van der Waals surface area contributed by atoms with Crippen LogP contribution in [0.25, 0.3) is 11.0 Å². The smallest absolute Gasteiger partial charge is 0.316 e. The Morgan fingerprint density at radius 3 is 2.15 bits per heavy atom. The molecule has 0 amide bonds. The molecule has 5 nitrogen and oxygen atoms in total. The average Bonchev–Trinajstić information content (AvgIpc) is 2.38. The first-order chi connectivity index (χ1) is 9.23. The maximum absolute atomic E-state index is 12.9. The van der Waals surface area contributed by atoms with E-state index in [4.69, 9.17) is 0 Å². The van der Waals surface area contributed by atoms with Gasteiger partial charge >= 0.3 is 23.5 Å². The van der Waals surface area contributed by atoms with E-state index in [0.29, 0.717) is 0 Å². The van der Waals surface area contributed by atoms with E-state index < -0.39 is 34.8 Å². The van der Waals surface area contributed by atoms with Crippen molar-refractivity contribution in [2.24, 2.45) is 0 Å². The van der Waals surface area contributed by atoms with Gasteiger partial charge in [-0.15, -0.1) is 0 Å². The van der Waals surface area contributed by atoms with Gasteiger partial charge in [0.1, 0.15) is 0 Å². The van der Waals surface area contributed by atoms with Crippen LogP contribution in [0.15, 0.2) is 27.8 Å². The SMILES string of the molecule is O=C(c1ccc2[nH]c(=O)c(=O)[nH]c2c1)C(F)(F)C(F)F. The third-order valence-corrected chi connectivity index (χ3v) is 2.56. The van der Waals surface area contributed by atoms with E-state index in [1.807, 2.05) is 4.98 Å². The number of alkyl halides is 4. The highest BCUT2D eigenvalue weighted by Gasteiger charge is 2.49. The Hall–Kier alpha value is -2.45. The molecule has 0 aliphatic rings. The Balaban J connectivity index is 2.58. The van der Waals surface area contributed by atoms with Crippen molar-refractivity contribution in [2.75, 3.05) is 0 Å². The second-order valence-corrected chi connectivity index (χ2v) is 3.92. The molecule has 0 atom stereocenters. The lowest BCUT2D eigenvalue weighted by molar-refractivity contribution is -0.0958. The molecule has 0 spiro atoms. The fourth-order valence-corrected chi connectivity index (χ4v) is 1.55. The summed E-state index contributed by atoms with van der Waals surface area (Å²) in [6, 6.07) is 2.71. The van der Waals surface area contributed by atoms with E-state index in [2.05, 4.69) is 4.98 Å². The van der Waals surface area contributed by atoms with Crippen molar-refractivity contribution < 1.29 is 22.4 Å². The average molecular weight is 290 g/mol. The molecule has 0 aliphatic carbocycles. The number of carbonyl (C=O) groups is 1. The van der Waals surface area contributed by atoms with Crippen molar-refractivity contribution >= 4 is 16.8 Å². The zero-order valence-corrected chi connectivity index (χ0v) is 9.55. The van der Waals surface area contributed by atoms with Crippen molar-refractivity contribution in [3.63, 3.8) is 0 Å². The van der Waals surface area contributed by atoms with Crippen molar-refractivity contribution in [3.8, 4) is 0 Å². The maximum Gasteiger partial charge on any atom is 0.368 e. The van der Waals surface area contributed by atoms with E-state index in [-0.39, 0.29) is 11.0 Å². The minimum absolute atomic E-state index is 0.0755. The number of ketones is 1. The minimum Gasteiger partial charge on any atom is -0.316 e. The van der Waals surface area contributed by atoms with Gasteiger partial charge in [0, 0.05) is 5.56 Å². The predicted octanol–water partition coefficient (Wildman–Crippen LogP) is 1.30. The van der Waals surface area contributed by atoms with Crippen LogP contribution in [-0.2, 0) is 0 Å². The molecule has 20 heavy (non-hydrogen) atoms. The first kappa shape index (κ1) is 14.0. The lowest BCUT2D eigenvalue weighted by atomic mass is 10.0. The summed E-state index contributed by atoms with van der Waals surface area (Å²) in [5.74, 6) is -6.89. The van der Waals surface area contributed by atoms with Gasteiger partial charge in [0.25, 0.3) is 0 Å². The van der Waals surface area contributed by atoms with E-state index in [0.717, 1.165) is 18.2 Å². The molecule has 0 radical (unpaired) electrons. The second-order valence-electron chi connectivity index (χ2n) is 3.92. The molecule has 9 heteroatoms. The molecule has 2 N–H and O–H groups in total. The number of benzene rings is 1. The topological polar surface area (TPSA) is 82.8 Å². The van der Waals surface area contributed by atoms with Crippen molar-refractivity contribution in [2.45, 2.75) is 12.3 Å². The largest absolute Gasteiger partial charge is 0.368 e. The molecule has 0 bridgehead atoms. The van der Waals surface area contributed by atoms with Gasteiger partial charge in [-0.25, -0.2) is 8.78 Å². The summed E-state index contributed by atoms with van der Waals surface area (Å²) >= 11 is 0. The number of aromatic nitrogens is 2. The van der Waals surface area contributed by atoms with Gasteiger partial charge in [-0.3, -0.25) is 14.4 Å². The van der Waals surface area contributed by atoms with Gasteiger partial charge in [-0.1, -0.05) is 0 Å².